The van der Waals surface area contributed by atoms with E-state index in [1.165, 1.54) is 31.3 Å². The van der Waals surface area contributed by atoms with Crippen molar-refractivity contribution in [2.24, 2.45) is 0 Å². The molecule has 0 bridgehead atoms. The van der Waals surface area contributed by atoms with Gasteiger partial charge in [-0.15, -0.1) is 0 Å². The van der Waals surface area contributed by atoms with Crippen LogP contribution < -0.4 is 19.1 Å². The van der Waals surface area contributed by atoms with Crippen LogP contribution in [0.4, 0.5) is 5.69 Å². The standard InChI is InChI=1S/C24H32BrN3O6S/c1-16(2)26-24(30)17(3)27(14-18-7-9-19(25)10-8-18)23(29)15-28(35(6,31)32)21-12-11-20(33-4)13-22(21)34-5/h7-13,16-17H,14-15H2,1-6H3,(H,26,30)/t17-/m0/s1. The summed E-state index contributed by atoms with van der Waals surface area (Å²) < 4.78 is 37.9. The van der Waals surface area contributed by atoms with Crippen LogP contribution in [0.3, 0.4) is 0 Å². The monoisotopic (exact) mass is 569 g/mol. The van der Waals surface area contributed by atoms with E-state index in [1.807, 2.05) is 38.1 Å². The van der Waals surface area contributed by atoms with Gasteiger partial charge in [0.25, 0.3) is 0 Å². The highest BCUT2D eigenvalue weighted by molar-refractivity contribution is 9.10. The Morgan fingerprint density at radius 1 is 1.03 bits per heavy atom. The molecule has 0 radical (unpaired) electrons. The van der Waals surface area contributed by atoms with Gasteiger partial charge in [-0.2, -0.15) is 0 Å². The van der Waals surface area contributed by atoms with Gasteiger partial charge < -0.3 is 19.7 Å². The largest absolute Gasteiger partial charge is 0.497 e. The van der Waals surface area contributed by atoms with Crippen LogP contribution in [0.15, 0.2) is 46.9 Å². The second-order valence-electron chi connectivity index (χ2n) is 8.29. The minimum Gasteiger partial charge on any atom is -0.497 e. The van der Waals surface area contributed by atoms with Gasteiger partial charge in [0.15, 0.2) is 0 Å². The fourth-order valence-corrected chi connectivity index (χ4v) is 4.48. The fraction of sp³-hybridized carbons (Fsp3) is 0.417. The van der Waals surface area contributed by atoms with Crippen LogP contribution in [0.1, 0.15) is 26.3 Å². The van der Waals surface area contributed by atoms with Crippen LogP contribution >= 0.6 is 15.9 Å². The molecule has 0 saturated heterocycles. The number of ether oxygens (including phenoxy) is 2. The summed E-state index contributed by atoms with van der Waals surface area (Å²) in [6.07, 6.45) is 1.01. The molecule has 0 aliphatic heterocycles. The van der Waals surface area contributed by atoms with E-state index in [9.17, 15) is 18.0 Å². The van der Waals surface area contributed by atoms with E-state index in [-0.39, 0.29) is 29.9 Å². The molecule has 2 aromatic rings. The Bertz CT molecular complexity index is 1140. The molecular weight excluding hydrogens is 538 g/mol. The number of halogens is 1. The van der Waals surface area contributed by atoms with E-state index in [0.717, 1.165) is 20.6 Å². The van der Waals surface area contributed by atoms with Crippen LogP contribution in [0.25, 0.3) is 0 Å². The lowest BCUT2D eigenvalue weighted by Gasteiger charge is -2.32. The number of sulfonamides is 1. The van der Waals surface area contributed by atoms with Gasteiger partial charge in [0.2, 0.25) is 21.8 Å². The lowest BCUT2D eigenvalue weighted by Crippen LogP contribution is -2.52. The number of amides is 2. The molecule has 0 spiro atoms. The molecule has 0 fully saturated rings. The molecule has 2 amide bonds. The summed E-state index contributed by atoms with van der Waals surface area (Å²) >= 11 is 3.39. The maximum atomic E-state index is 13.6. The molecule has 11 heteroatoms. The Kier molecular flexibility index (Phi) is 9.96. The Balaban J connectivity index is 2.45. The number of carbonyl (C=O) groups excluding carboxylic acids is 2. The maximum Gasteiger partial charge on any atom is 0.244 e. The summed E-state index contributed by atoms with van der Waals surface area (Å²) in [5.74, 6) is -0.171. The Hall–Kier alpha value is -2.79. The molecule has 9 nitrogen and oxygen atoms in total. The predicted octanol–water partition coefficient (Wildman–Crippen LogP) is 3.17. The van der Waals surface area contributed by atoms with Gasteiger partial charge >= 0.3 is 0 Å². The summed E-state index contributed by atoms with van der Waals surface area (Å²) in [4.78, 5) is 27.7. The van der Waals surface area contributed by atoms with Gasteiger partial charge in [0.05, 0.1) is 26.2 Å². The lowest BCUT2D eigenvalue weighted by molar-refractivity contribution is -0.139. The zero-order valence-electron chi connectivity index (χ0n) is 20.7. The number of hydrogen-bond donors (Lipinski definition) is 1. The smallest absolute Gasteiger partial charge is 0.244 e. The molecule has 0 aliphatic carbocycles. The number of nitrogens with zero attached hydrogens (tertiary/aromatic N) is 2. The highest BCUT2D eigenvalue weighted by Crippen LogP contribution is 2.33. The van der Waals surface area contributed by atoms with Crippen molar-refractivity contribution in [1.82, 2.24) is 10.2 Å². The van der Waals surface area contributed by atoms with Crippen molar-refractivity contribution in [3.8, 4) is 11.5 Å². The van der Waals surface area contributed by atoms with Crippen LogP contribution in [0.5, 0.6) is 11.5 Å². The molecule has 0 aromatic heterocycles. The zero-order valence-corrected chi connectivity index (χ0v) is 23.1. The van der Waals surface area contributed by atoms with Crippen LogP contribution in [0, 0.1) is 0 Å². The number of hydrogen-bond acceptors (Lipinski definition) is 6. The number of rotatable bonds is 11. The van der Waals surface area contributed by atoms with Crippen molar-refractivity contribution < 1.29 is 27.5 Å². The van der Waals surface area contributed by atoms with Crippen molar-refractivity contribution in [3.05, 3.63) is 52.5 Å². The molecule has 192 valence electrons. The summed E-state index contributed by atoms with van der Waals surface area (Å²) in [6, 6.07) is 11.0. The van der Waals surface area contributed by atoms with Gasteiger partial charge in [-0.3, -0.25) is 13.9 Å². The van der Waals surface area contributed by atoms with E-state index in [2.05, 4.69) is 21.2 Å². The number of methoxy groups -OCH3 is 2. The highest BCUT2D eigenvalue weighted by atomic mass is 79.9. The highest BCUT2D eigenvalue weighted by Gasteiger charge is 2.31. The van der Waals surface area contributed by atoms with Crippen LogP contribution in [-0.4, -0.2) is 64.2 Å². The molecule has 1 atom stereocenters. The molecule has 2 aromatic carbocycles. The second kappa shape index (κ2) is 12.3. The minimum atomic E-state index is -3.88. The number of benzene rings is 2. The topological polar surface area (TPSA) is 105 Å². The van der Waals surface area contributed by atoms with Crippen molar-refractivity contribution in [3.63, 3.8) is 0 Å². The Morgan fingerprint density at radius 2 is 1.66 bits per heavy atom. The van der Waals surface area contributed by atoms with Gasteiger partial charge in [-0.1, -0.05) is 28.1 Å². The van der Waals surface area contributed by atoms with Crippen LogP contribution in [0.2, 0.25) is 0 Å². The zero-order chi connectivity index (χ0) is 26.3. The molecular formula is C24H32BrN3O6S. The average molecular weight is 571 g/mol. The average Bonchev–Trinajstić information content (AvgIpc) is 2.80. The second-order valence-corrected chi connectivity index (χ2v) is 11.1. The lowest BCUT2D eigenvalue weighted by atomic mass is 10.1. The third-order valence-electron chi connectivity index (χ3n) is 5.20. The number of carbonyl (C=O) groups is 2. The van der Waals surface area contributed by atoms with E-state index in [4.69, 9.17) is 9.47 Å². The maximum absolute atomic E-state index is 13.6. The first kappa shape index (κ1) is 28.4. The third kappa shape index (κ3) is 7.86. The molecule has 0 unspecified atom stereocenters. The van der Waals surface area contributed by atoms with E-state index < -0.39 is 28.5 Å². The minimum absolute atomic E-state index is 0.120. The number of anilines is 1. The molecule has 2 rings (SSSR count). The van der Waals surface area contributed by atoms with Crippen molar-refractivity contribution in [2.75, 3.05) is 31.3 Å². The van der Waals surface area contributed by atoms with E-state index >= 15 is 0 Å². The van der Waals surface area contributed by atoms with Gasteiger partial charge in [-0.25, -0.2) is 8.42 Å². The van der Waals surface area contributed by atoms with E-state index in [1.54, 1.807) is 13.0 Å². The van der Waals surface area contributed by atoms with Gasteiger partial charge in [0, 0.05) is 23.1 Å². The number of nitrogens with one attached hydrogen (secondary N) is 1. The SMILES string of the molecule is COc1ccc(N(CC(=O)N(Cc2ccc(Br)cc2)[C@@H](C)C(=O)NC(C)C)S(C)(=O)=O)c(OC)c1. The van der Waals surface area contributed by atoms with Crippen molar-refractivity contribution >= 4 is 43.5 Å². The quantitative estimate of drug-likeness (QED) is 0.445. The molecule has 0 aliphatic rings. The fourth-order valence-electron chi connectivity index (χ4n) is 3.36. The summed E-state index contributed by atoms with van der Waals surface area (Å²) in [5, 5.41) is 2.81. The summed E-state index contributed by atoms with van der Waals surface area (Å²) in [7, 11) is -1.00. The summed E-state index contributed by atoms with van der Waals surface area (Å²) in [6.45, 7) is 4.88. The molecule has 1 N–H and O–H groups in total. The normalized spacial score (nSPS) is 12.1. The van der Waals surface area contributed by atoms with Crippen molar-refractivity contribution in [2.45, 2.75) is 39.4 Å². The Labute approximate surface area is 215 Å². The van der Waals surface area contributed by atoms with Crippen LogP contribution in [-0.2, 0) is 26.2 Å². The molecule has 0 heterocycles. The molecule has 0 saturated carbocycles. The Morgan fingerprint density at radius 3 is 2.17 bits per heavy atom. The van der Waals surface area contributed by atoms with Gasteiger partial charge in [-0.05, 0) is 50.6 Å². The first-order valence-electron chi connectivity index (χ1n) is 10.9. The third-order valence-corrected chi connectivity index (χ3v) is 6.85. The molecule has 35 heavy (non-hydrogen) atoms. The first-order valence-corrected chi connectivity index (χ1v) is 13.6. The predicted molar refractivity (Wildman–Crippen MR) is 139 cm³/mol. The van der Waals surface area contributed by atoms with E-state index in [0.29, 0.717) is 5.75 Å². The first-order chi connectivity index (χ1) is 16.4. The van der Waals surface area contributed by atoms with Crippen molar-refractivity contribution in [1.29, 1.82) is 0 Å². The van der Waals surface area contributed by atoms with Gasteiger partial charge in [0.1, 0.15) is 24.1 Å². The summed E-state index contributed by atoms with van der Waals surface area (Å²) in [5.41, 5.74) is 0.978.